The highest BCUT2D eigenvalue weighted by Crippen LogP contribution is 2.39. The lowest BCUT2D eigenvalue weighted by Crippen LogP contribution is -2.40. The Morgan fingerprint density at radius 3 is 2.33 bits per heavy atom. The van der Waals surface area contributed by atoms with E-state index in [1.165, 1.54) is 6.08 Å². The van der Waals surface area contributed by atoms with Crippen LogP contribution >= 0.6 is 0 Å². The molecule has 1 aromatic heterocycles. The molecule has 2 amide bonds. The molecule has 2 N–H and O–H groups in total. The van der Waals surface area contributed by atoms with Gasteiger partial charge in [-0.05, 0) is 41.0 Å². The maximum atomic E-state index is 13.4. The Morgan fingerprint density at radius 2 is 1.69 bits per heavy atom. The van der Waals surface area contributed by atoms with Crippen molar-refractivity contribution >= 4 is 29.5 Å². The molecule has 1 aliphatic rings. The number of imidazole rings is 1. The first-order valence-corrected chi connectivity index (χ1v) is 12.4. The Kier molecular flexibility index (Phi) is 8.75. The van der Waals surface area contributed by atoms with E-state index < -0.39 is 18.2 Å². The van der Waals surface area contributed by atoms with E-state index in [9.17, 15) is 22.8 Å². The van der Waals surface area contributed by atoms with E-state index in [1.807, 2.05) is 77.5 Å². The summed E-state index contributed by atoms with van der Waals surface area (Å²) >= 11 is 0. The number of methoxy groups -OCH3 is 1. The third-order valence-corrected chi connectivity index (χ3v) is 6.35. The average molecular weight is 579 g/mol. The van der Waals surface area contributed by atoms with Crippen LogP contribution in [-0.2, 0) is 14.4 Å². The lowest BCUT2D eigenvalue weighted by Gasteiger charge is -2.22. The zero-order chi connectivity index (χ0) is 30.4. The van der Waals surface area contributed by atoms with Gasteiger partial charge in [0.1, 0.15) is 11.8 Å². The van der Waals surface area contributed by atoms with E-state index in [0.717, 1.165) is 33.6 Å². The van der Waals surface area contributed by atoms with Crippen molar-refractivity contribution < 1.29 is 37.4 Å². The lowest BCUT2D eigenvalue weighted by molar-refractivity contribution is -0.192. The summed E-state index contributed by atoms with van der Waals surface area (Å²) in [6.45, 7) is 0. The molecule has 4 aromatic rings. The van der Waals surface area contributed by atoms with E-state index in [-0.39, 0.29) is 11.8 Å². The molecule has 0 saturated heterocycles. The van der Waals surface area contributed by atoms with Crippen molar-refractivity contribution in [3.05, 3.63) is 103 Å². The largest absolute Gasteiger partial charge is 0.495 e. The van der Waals surface area contributed by atoms with Gasteiger partial charge in [-0.25, -0.2) is 9.78 Å². The second kappa shape index (κ2) is 12.4. The summed E-state index contributed by atoms with van der Waals surface area (Å²) in [6, 6.07) is 20.2. The minimum atomic E-state index is -5.08. The van der Waals surface area contributed by atoms with Crippen LogP contribution in [0.5, 0.6) is 5.75 Å². The van der Waals surface area contributed by atoms with Crippen LogP contribution in [0.25, 0.3) is 22.9 Å². The zero-order valence-electron chi connectivity index (χ0n) is 22.4. The molecular weight excluding hydrogens is 553 g/mol. The van der Waals surface area contributed by atoms with Crippen LogP contribution in [0.1, 0.15) is 17.2 Å². The molecule has 0 spiro atoms. The maximum absolute atomic E-state index is 13.4. The summed E-state index contributed by atoms with van der Waals surface area (Å²) in [4.78, 5) is 40.9. The minimum Gasteiger partial charge on any atom is -0.495 e. The molecule has 1 unspecified atom stereocenters. The predicted molar refractivity (Wildman–Crippen MR) is 149 cm³/mol. The van der Waals surface area contributed by atoms with Gasteiger partial charge in [0.15, 0.2) is 0 Å². The van der Waals surface area contributed by atoms with E-state index >= 15 is 0 Å². The van der Waals surface area contributed by atoms with Crippen LogP contribution in [0.4, 0.5) is 18.9 Å². The summed E-state index contributed by atoms with van der Waals surface area (Å²) in [5.74, 6) is -2.67. The van der Waals surface area contributed by atoms with E-state index in [4.69, 9.17) is 14.6 Å². The Bertz CT molecular complexity index is 1630. The fraction of sp³-hybridized carbons (Fsp3) is 0.133. The average Bonchev–Trinajstić information content (AvgIpc) is 3.50. The van der Waals surface area contributed by atoms with Crippen molar-refractivity contribution in [3.8, 4) is 22.6 Å². The summed E-state index contributed by atoms with van der Waals surface area (Å²) in [7, 11) is 3.33. The van der Waals surface area contributed by atoms with E-state index in [1.54, 1.807) is 37.7 Å². The van der Waals surface area contributed by atoms with Crippen molar-refractivity contribution in [1.29, 1.82) is 0 Å². The number of amides is 2. The third kappa shape index (κ3) is 6.49. The summed E-state index contributed by atoms with van der Waals surface area (Å²) in [5, 5.41) is 10.0. The number of carboxylic acid groups (broad SMARTS) is 1. The van der Waals surface area contributed by atoms with Crippen molar-refractivity contribution in [3.63, 3.8) is 0 Å². The van der Waals surface area contributed by atoms with Gasteiger partial charge in [-0.15, -0.1) is 0 Å². The normalized spacial score (nSPS) is 14.3. The monoisotopic (exact) mass is 578 g/mol. The van der Waals surface area contributed by atoms with Crippen LogP contribution in [0.3, 0.4) is 0 Å². The number of halogens is 3. The van der Waals surface area contributed by atoms with Gasteiger partial charge in [-0.1, -0.05) is 48.5 Å². The van der Waals surface area contributed by atoms with Crippen molar-refractivity contribution in [2.24, 2.45) is 0 Å². The van der Waals surface area contributed by atoms with Crippen LogP contribution in [0.15, 0.2) is 91.5 Å². The van der Waals surface area contributed by atoms with Gasteiger partial charge in [0.2, 0.25) is 5.91 Å². The standard InChI is InChI=1S/C28H24N4O3.C2HF3O2/c1-31-23-10-6-5-8-21(23)20-7-3-4-9-22(20)27(28(31)34)30-26(33)14-12-19-11-13-24(25(17-19)35-2)32-16-15-29-18-32;3-2(4,5)1(6)7/h3-18,27H,1-2H3,(H,30,33);(H,6,7)/b14-12+;. The fourth-order valence-electron chi connectivity index (χ4n) is 4.35. The van der Waals surface area contributed by atoms with Crippen molar-refractivity contribution in [1.82, 2.24) is 14.9 Å². The number of hydrogen-bond donors (Lipinski definition) is 2. The molecule has 3 aromatic carbocycles. The first kappa shape index (κ1) is 29.6. The van der Waals surface area contributed by atoms with Crippen molar-refractivity contribution in [2.45, 2.75) is 12.2 Å². The van der Waals surface area contributed by atoms with Gasteiger partial charge < -0.3 is 24.6 Å². The highest BCUT2D eigenvalue weighted by atomic mass is 19.4. The third-order valence-electron chi connectivity index (χ3n) is 6.35. The number of para-hydroxylation sites is 1. The number of carbonyl (C=O) groups is 3. The molecule has 12 heteroatoms. The number of nitrogens with one attached hydrogen (secondary N) is 1. The van der Waals surface area contributed by atoms with Crippen molar-refractivity contribution in [2.75, 3.05) is 19.1 Å². The second-order valence-corrected chi connectivity index (χ2v) is 8.98. The molecule has 42 heavy (non-hydrogen) atoms. The molecular formula is C30H25F3N4O5. The Morgan fingerprint density at radius 1 is 1.02 bits per heavy atom. The number of anilines is 1. The molecule has 0 saturated carbocycles. The second-order valence-electron chi connectivity index (χ2n) is 8.98. The summed E-state index contributed by atoms with van der Waals surface area (Å²) in [6.07, 6.45) is 3.26. The van der Waals surface area contributed by atoms with Gasteiger partial charge in [-0.2, -0.15) is 13.2 Å². The number of rotatable bonds is 5. The summed E-state index contributed by atoms with van der Waals surface area (Å²) in [5.41, 5.74) is 5.09. The number of benzene rings is 3. The Labute approximate surface area is 238 Å². The zero-order valence-corrected chi connectivity index (χ0v) is 22.4. The smallest absolute Gasteiger partial charge is 0.490 e. The number of aliphatic carboxylic acids is 1. The van der Waals surface area contributed by atoms with E-state index in [2.05, 4.69) is 10.3 Å². The van der Waals surface area contributed by atoms with Gasteiger partial charge in [0, 0.05) is 31.1 Å². The number of carbonyl (C=O) groups excluding carboxylic acids is 2. The van der Waals surface area contributed by atoms with Crippen LogP contribution in [0.2, 0.25) is 0 Å². The number of likely N-dealkylation sites (N-methyl/N-ethyl adjacent to an activating group) is 1. The Hall–Kier alpha value is -5.39. The molecule has 1 atom stereocenters. The number of nitrogens with zero attached hydrogens (tertiary/aromatic N) is 3. The van der Waals surface area contributed by atoms with Gasteiger partial charge >= 0.3 is 12.1 Å². The number of carboxylic acids is 1. The maximum Gasteiger partial charge on any atom is 0.490 e. The molecule has 5 rings (SSSR count). The molecule has 0 fully saturated rings. The molecule has 216 valence electrons. The van der Waals surface area contributed by atoms with Crippen LogP contribution in [0, 0.1) is 0 Å². The van der Waals surface area contributed by atoms with Gasteiger partial charge in [-0.3, -0.25) is 9.59 Å². The molecule has 9 nitrogen and oxygen atoms in total. The number of hydrogen-bond acceptors (Lipinski definition) is 5. The van der Waals surface area contributed by atoms with Crippen LogP contribution < -0.4 is 15.0 Å². The lowest BCUT2D eigenvalue weighted by atomic mass is 9.95. The highest BCUT2D eigenvalue weighted by molar-refractivity contribution is 6.07. The molecule has 0 bridgehead atoms. The fourth-order valence-corrected chi connectivity index (χ4v) is 4.35. The van der Waals surface area contributed by atoms with Crippen LogP contribution in [-0.4, -0.2) is 52.8 Å². The predicted octanol–water partition coefficient (Wildman–Crippen LogP) is 5.03. The Balaban J connectivity index is 0.000000517. The quantitative estimate of drug-likeness (QED) is 0.321. The molecule has 0 aliphatic carbocycles. The van der Waals surface area contributed by atoms with Gasteiger partial charge in [0.05, 0.1) is 24.8 Å². The number of ether oxygens (including phenoxy) is 1. The SMILES string of the molecule is COc1cc(/C=C/C(=O)NC2C(=O)N(C)c3ccccc3-c3ccccc32)ccc1-n1ccnc1.O=C(O)C(F)(F)F. The first-order chi connectivity index (χ1) is 20.0. The first-order valence-electron chi connectivity index (χ1n) is 12.4. The van der Waals surface area contributed by atoms with Gasteiger partial charge in [0.25, 0.3) is 5.91 Å². The number of alkyl halides is 3. The summed E-state index contributed by atoms with van der Waals surface area (Å²) < 4.78 is 39.1. The van der Waals surface area contributed by atoms with E-state index in [0.29, 0.717) is 5.75 Å². The minimum absolute atomic E-state index is 0.199. The molecule has 0 radical (unpaired) electrons. The molecule has 1 aliphatic heterocycles. The topological polar surface area (TPSA) is 114 Å². The number of fused-ring (bicyclic) bond motifs is 3. The highest BCUT2D eigenvalue weighted by Gasteiger charge is 2.38. The number of aromatic nitrogens is 2. The molecule has 2 heterocycles.